The molecule has 282 valence electrons. The monoisotopic (exact) mass is 767 g/mol. The van der Waals surface area contributed by atoms with Gasteiger partial charge in [-0.15, -0.1) is 0 Å². The molecule has 1 aliphatic rings. The lowest BCUT2D eigenvalue weighted by atomic mass is 9.74. The highest BCUT2D eigenvalue weighted by atomic mass is 16.3. The summed E-state index contributed by atoms with van der Waals surface area (Å²) in [5.74, 6) is 0.290. The molecule has 1 unspecified atom stereocenters. The van der Waals surface area contributed by atoms with E-state index in [0.29, 0.717) is 5.92 Å². The van der Waals surface area contributed by atoms with Crippen LogP contribution in [0.2, 0.25) is 0 Å². The molecule has 0 aliphatic heterocycles. The number of hydrogen-bond donors (Lipinski definition) is 0. The number of benzene rings is 9. The molecule has 1 aliphatic carbocycles. The molecule has 0 saturated carbocycles. The second-order valence-corrected chi connectivity index (χ2v) is 16.3. The molecule has 0 N–H and O–H groups in total. The van der Waals surface area contributed by atoms with Crippen molar-refractivity contribution in [2.75, 3.05) is 0 Å². The predicted molar refractivity (Wildman–Crippen MR) is 248 cm³/mol. The fraction of sp³-hybridized carbons (Fsp3) is 0.0526. The Morgan fingerprint density at radius 2 is 1.03 bits per heavy atom. The third-order valence-electron chi connectivity index (χ3n) is 13.0. The molecule has 0 saturated heterocycles. The second kappa shape index (κ2) is 12.9. The van der Waals surface area contributed by atoms with E-state index in [1.54, 1.807) is 0 Å². The second-order valence-electron chi connectivity index (χ2n) is 16.3. The molecule has 0 bridgehead atoms. The van der Waals surface area contributed by atoms with E-state index in [4.69, 9.17) is 8.83 Å². The van der Waals surface area contributed by atoms with Crippen LogP contribution in [-0.2, 0) is 12.8 Å². The average molecular weight is 768 g/mol. The zero-order valence-corrected chi connectivity index (χ0v) is 32.7. The van der Waals surface area contributed by atoms with Gasteiger partial charge in [-0.05, 0) is 111 Å². The van der Waals surface area contributed by atoms with Gasteiger partial charge in [0.2, 0.25) is 0 Å². The van der Waals surface area contributed by atoms with Crippen LogP contribution in [0, 0.1) is 0 Å². The van der Waals surface area contributed by atoms with Gasteiger partial charge in [0.25, 0.3) is 0 Å². The highest BCUT2D eigenvalue weighted by Gasteiger charge is 2.31. The van der Waals surface area contributed by atoms with E-state index < -0.39 is 0 Å². The van der Waals surface area contributed by atoms with Crippen LogP contribution in [0.1, 0.15) is 22.6 Å². The van der Waals surface area contributed by atoms with E-state index in [0.717, 1.165) is 67.9 Å². The average Bonchev–Trinajstić information content (AvgIpc) is 3.99. The molecule has 0 spiro atoms. The molecule has 9 aromatic carbocycles. The lowest BCUT2D eigenvalue weighted by molar-refractivity contribution is 0.668. The minimum absolute atomic E-state index is 0.290. The standard InChI is InChI=1S/C57H37NO2/c1-2-15-36(16-3-1)37-18-10-14-35(32-37)33-39-34-38-17-4-5-19-40(38)54-41(39)30-31-48-57(54)56-43(42-23-12-28-51-53(42)44-20-6-8-26-49(44)59-51)22-11-24-47(56)58(48)46-25-13-29-52-55(46)45-21-7-9-27-50(45)60-52/h1-32,39H,33-34H2. The number of fused-ring (bicyclic) bond motifs is 13. The lowest BCUT2D eigenvalue weighted by Crippen LogP contribution is -2.14. The smallest absolute Gasteiger partial charge is 0.137 e. The minimum atomic E-state index is 0.290. The maximum atomic E-state index is 6.51. The number of furan rings is 2. The zero-order chi connectivity index (χ0) is 39.3. The summed E-state index contributed by atoms with van der Waals surface area (Å²) in [7, 11) is 0. The van der Waals surface area contributed by atoms with Gasteiger partial charge in [0.15, 0.2) is 0 Å². The Labute approximate surface area is 346 Å². The van der Waals surface area contributed by atoms with E-state index in [-0.39, 0.29) is 0 Å². The van der Waals surface area contributed by atoms with Crippen molar-refractivity contribution >= 4 is 65.7 Å². The van der Waals surface area contributed by atoms with Crippen LogP contribution in [0.15, 0.2) is 203 Å². The Bertz CT molecular complexity index is 3670. The summed E-state index contributed by atoms with van der Waals surface area (Å²) in [6.07, 6.45) is 1.93. The number of para-hydroxylation sites is 2. The van der Waals surface area contributed by atoms with Crippen LogP contribution in [0.4, 0.5) is 0 Å². The Kier molecular flexibility index (Phi) is 7.20. The molecule has 3 heterocycles. The summed E-state index contributed by atoms with van der Waals surface area (Å²) in [4.78, 5) is 0. The fourth-order valence-corrected chi connectivity index (χ4v) is 10.5. The van der Waals surface area contributed by atoms with Gasteiger partial charge in [-0.2, -0.15) is 0 Å². The summed E-state index contributed by atoms with van der Waals surface area (Å²) in [5.41, 5.74) is 18.7. The lowest BCUT2D eigenvalue weighted by Gasteiger charge is -2.29. The van der Waals surface area contributed by atoms with Crippen LogP contribution in [0.5, 0.6) is 0 Å². The Morgan fingerprint density at radius 1 is 0.433 bits per heavy atom. The molecular formula is C57H37NO2. The van der Waals surface area contributed by atoms with Gasteiger partial charge in [-0.3, -0.25) is 0 Å². The van der Waals surface area contributed by atoms with Crippen molar-refractivity contribution in [1.82, 2.24) is 4.57 Å². The van der Waals surface area contributed by atoms with E-state index >= 15 is 0 Å². The van der Waals surface area contributed by atoms with Gasteiger partial charge in [0.05, 0.1) is 22.1 Å². The highest BCUT2D eigenvalue weighted by Crippen LogP contribution is 2.51. The van der Waals surface area contributed by atoms with Crippen LogP contribution >= 0.6 is 0 Å². The van der Waals surface area contributed by atoms with E-state index in [9.17, 15) is 0 Å². The molecule has 3 aromatic heterocycles. The van der Waals surface area contributed by atoms with Crippen molar-refractivity contribution in [3.63, 3.8) is 0 Å². The normalized spacial score (nSPS) is 13.8. The van der Waals surface area contributed by atoms with Crippen LogP contribution in [-0.4, -0.2) is 4.57 Å². The van der Waals surface area contributed by atoms with E-state index in [1.807, 2.05) is 0 Å². The Morgan fingerprint density at radius 3 is 1.87 bits per heavy atom. The minimum Gasteiger partial charge on any atom is -0.456 e. The van der Waals surface area contributed by atoms with E-state index in [2.05, 4.69) is 199 Å². The molecule has 12 aromatic rings. The van der Waals surface area contributed by atoms with Gasteiger partial charge < -0.3 is 13.4 Å². The van der Waals surface area contributed by atoms with E-state index in [1.165, 1.54) is 66.4 Å². The van der Waals surface area contributed by atoms with Crippen molar-refractivity contribution in [3.05, 3.63) is 211 Å². The molecule has 60 heavy (non-hydrogen) atoms. The molecule has 13 rings (SSSR count). The van der Waals surface area contributed by atoms with Gasteiger partial charge in [0, 0.05) is 26.9 Å². The van der Waals surface area contributed by atoms with Crippen molar-refractivity contribution in [2.24, 2.45) is 0 Å². The quantitative estimate of drug-likeness (QED) is 0.175. The third kappa shape index (κ3) is 4.90. The molecule has 0 radical (unpaired) electrons. The molecule has 3 heteroatoms. The SMILES string of the molecule is c1ccc(-c2cccc(CC3Cc4ccccc4-c4c3ccc3c4c4c(-c5cccc6oc7ccccc7c56)cccc4n3-c3cccc4oc5ccccc5c34)c2)cc1. The first-order valence-corrected chi connectivity index (χ1v) is 20.9. The summed E-state index contributed by atoms with van der Waals surface area (Å²) in [6, 6.07) is 70.5. The number of hydrogen-bond acceptors (Lipinski definition) is 2. The highest BCUT2D eigenvalue weighted by molar-refractivity contribution is 6.25. The van der Waals surface area contributed by atoms with Crippen molar-refractivity contribution in [3.8, 4) is 39.1 Å². The van der Waals surface area contributed by atoms with Gasteiger partial charge in [0.1, 0.15) is 22.3 Å². The first kappa shape index (κ1) is 33.4. The first-order valence-electron chi connectivity index (χ1n) is 20.9. The summed E-state index contributed by atoms with van der Waals surface area (Å²) in [5, 5.41) is 7.03. The first-order chi connectivity index (χ1) is 29.8. The molecular weight excluding hydrogens is 731 g/mol. The maximum Gasteiger partial charge on any atom is 0.137 e. The van der Waals surface area contributed by atoms with Gasteiger partial charge in [-0.1, -0.05) is 152 Å². The molecule has 1 atom stereocenters. The largest absolute Gasteiger partial charge is 0.456 e. The molecule has 3 nitrogen and oxygen atoms in total. The van der Waals surface area contributed by atoms with Crippen molar-refractivity contribution in [2.45, 2.75) is 18.8 Å². The van der Waals surface area contributed by atoms with Crippen LogP contribution in [0.25, 0.3) is 105 Å². The zero-order valence-electron chi connectivity index (χ0n) is 32.7. The van der Waals surface area contributed by atoms with Crippen LogP contribution in [0.3, 0.4) is 0 Å². The number of rotatable bonds is 5. The third-order valence-corrected chi connectivity index (χ3v) is 13.0. The predicted octanol–water partition coefficient (Wildman–Crippen LogP) is 15.5. The maximum absolute atomic E-state index is 6.51. The Hall–Kier alpha value is -7.62. The Balaban J connectivity index is 1.14. The van der Waals surface area contributed by atoms with Crippen LogP contribution < -0.4 is 0 Å². The van der Waals surface area contributed by atoms with Gasteiger partial charge >= 0.3 is 0 Å². The van der Waals surface area contributed by atoms with Crippen molar-refractivity contribution < 1.29 is 8.83 Å². The van der Waals surface area contributed by atoms with Crippen molar-refractivity contribution in [1.29, 1.82) is 0 Å². The number of aromatic nitrogens is 1. The molecule has 0 fully saturated rings. The van der Waals surface area contributed by atoms with Gasteiger partial charge in [-0.25, -0.2) is 0 Å². The number of nitrogens with zero attached hydrogens (tertiary/aromatic N) is 1. The summed E-state index contributed by atoms with van der Waals surface area (Å²) in [6.45, 7) is 0. The topological polar surface area (TPSA) is 31.2 Å². The fourth-order valence-electron chi connectivity index (χ4n) is 10.5. The summed E-state index contributed by atoms with van der Waals surface area (Å²) >= 11 is 0. The molecule has 0 amide bonds. The summed E-state index contributed by atoms with van der Waals surface area (Å²) < 4.78 is 15.5.